The quantitative estimate of drug-likeness (QED) is 0.439. The molecule has 0 aliphatic heterocycles. The zero-order chi connectivity index (χ0) is 21.8. The fourth-order valence-corrected chi connectivity index (χ4v) is 3.19. The summed E-state index contributed by atoms with van der Waals surface area (Å²) in [5.41, 5.74) is 2.91. The summed E-state index contributed by atoms with van der Waals surface area (Å²) in [6, 6.07) is 16.9. The second-order valence-electron chi connectivity index (χ2n) is 7.15. The SMILES string of the molecule is Cc1cccc(OCc2c(C(=O)Nc3ccn(Cc4ccc(Cl)cc4)n3)noc2C)c1. The van der Waals surface area contributed by atoms with Gasteiger partial charge in [0.2, 0.25) is 0 Å². The van der Waals surface area contributed by atoms with Crippen LogP contribution in [0.2, 0.25) is 5.02 Å². The number of halogens is 1. The first-order chi connectivity index (χ1) is 15.0. The third-order valence-corrected chi connectivity index (χ3v) is 4.96. The van der Waals surface area contributed by atoms with Crippen molar-refractivity contribution in [1.29, 1.82) is 0 Å². The molecule has 0 aliphatic carbocycles. The van der Waals surface area contributed by atoms with Crippen molar-refractivity contribution in [3.63, 3.8) is 0 Å². The van der Waals surface area contributed by atoms with Gasteiger partial charge in [0.25, 0.3) is 5.91 Å². The number of hydrogen-bond donors (Lipinski definition) is 1. The summed E-state index contributed by atoms with van der Waals surface area (Å²) < 4.78 is 12.8. The minimum atomic E-state index is -0.406. The van der Waals surface area contributed by atoms with Crippen molar-refractivity contribution in [2.24, 2.45) is 0 Å². The van der Waals surface area contributed by atoms with E-state index >= 15 is 0 Å². The molecule has 2 aromatic heterocycles. The molecule has 158 valence electrons. The summed E-state index contributed by atoms with van der Waals surface area (Å²) >= 11 is 5.92. The van der Waals surface area contributed by atoms with Crippen molar-refractivity contribution < 1.29 is 14.1 Å². The van der Waals surface area contributed by atoms with Crippen LogP contribution in [0.4, 0.5) is 5.82 Å². The first-order valence-electron chi connectivity index (χ1n) is 9.72. The van der Waals surface area contributed by atoms with Crippen LogP contribution in [0.3, 0.4) is 0 Å². The molecule has 1 N–H and O–H groups in total. The minimum Gasteiger partial charge on any atom is -0.489 e. The van der Waals surface area contributed by atoms with Crippen LogP contribution in [0.5, 0.6) is 5.75 Å². The van der Waals surface area contributed by atoms with Gasteiger partial charge in [-0.3, -0.25) is 9.48 Å². The number of nitrogens with one attached hydrogen (secondary N) is 1. The molecule has 2 aromatic carbocycles. The molecule has 0 atom stereocenters. The first kappa shape index (κ1) is 20.7. The van der Waals surface area contributed by atoms with Crippen molar-refractivity contribution >= 4 is 23.3 Å². The number of hydrogen-bond acceptors (Lipinski definition) is 5. The third kappa shape index (κ3) is 5.13. The Morgan fingerprint density at radius 2 is 1.97 bits per heavy atom. The summed E-state index contributed by atoms with van der Waals surface area (Å²) in [5, 5.41) is 11.8. The van der Waals surface area contributed by atoms with Crippen LogP contribution in [0.15, 0.2) is 65.3 Å². The van der Waals surface area contributed by atoms with Crippen LogP contribution < -0.4 is 10.1 Å². The van der Waals surface area contributed by atoms with Gasteiger partial charge >= 0.3 is 0 Å². The monoisotopic (exact) mass is 436 g/mol. The fourth-order valence-electron chi connectivity index (χ4n) is 3.07. The van der Waals surface area contributed by atoms with Crippen LogP contribution in [-0.2, 0) is 13.2 Å². The Labute approximate surface area is 184 Å². The molecule has 0 saturated carbocycles. The number of nitrogens with zero attached hydrogens (tertiary/aromatic N) is 3. The van der Waals surface area contributed by atoms with Gasteiger partial charge in [0.1, 0.15) is 18.1 Å². The number of anilines is 1. The van der Waals surface area contributed by atoms with Gasteiger partial charge in [-0.15, -0.1) is 0 Å². The van der Waals surface area contributed by atoms with Gasteiger partial charge in [-0.2, -0.15) is 5.10 Å². The molecule has 0 spiro atoms. The maximum atomic E-state index is 12.8. The van der Waals surface area contributed by atoms with E-state index in [0.717, 1.165) is 11.1 Å². The van der Waals surface area contributed by atoms with Crippen molar-refractivity contribution in [3.8, 4) is 5.75 Å². The first-order valence-corrected chi connectivity index (χ1v) is 10.1. The number of rotatable bonds is 7. The highest BCUT2D eigenvalue weighted by Crippen LogP contribution is 2.20. The average molecular weight is 437 g/mol. The molecule has 7 nitrogen and oxygen atoms in total. The molecule has 8 heteroatoms. The number of carbonyl (C=O) groups excluding carboxylic acids is 1. The lowest BCUT2D eigenvalue weighted by Gasteiger charge is -2.07. The molecule has 0 aliphatic rings. The number of aromatic nitrogens is 3. The van der Waals surface area contributed by atoms with Gasteiger partial charge in [-0.25, -0.2) is 0 Å². The smallest absolute Gasteiger partial charge is 0.279 e. The lowest BCUT2D eigenvalue weighted by atomic mass is 10.2. The summed E-state index contributed by atoms with van der Waals surface area (Å²) in [4.78, 5) is 12.8. The van der Waals surface area contributed by atoms with E-state index in [1.54, 1.807) is 23.9 Å². The van der Waals surface area contributed by atoms with Gasteiger partial charge in [0.15, 0.2) is 11.5 Å². The standard InChI is InChI=1S/C23H21ClN4O3/c1-15-4-3-5-19(12-15)30-14-20-16(2)31-27-22(20)23(29)25-21-10-11-28(26-21)13-17-6-8-18(24)9-7-17/h3-12H,13-14H2,1-2H3,(H,25,26,29). The van der Waals surface area contributed by atoms with E-state index in [9.17, 15) is 4.79 Å². The van der Waals surface area contributed by atoms with Crippen LogP contribution in [0.25, 0.3) is 0 Å². The van der Waals surface area contributed by atoms with Crippen LogP contribution in [0, 0.1) is 13.8 Å². The molecular formula is C23H21ClN4O3. The maximum absolute atomic E-state index is 12.8. The molecule has 4 aromatic rings. The topological polar surface area (TPSA) is 82.2 Å². The molecule has 1 amide bonds. The molecule has 4 rings (SSSR count). The lowest BCUT2D eigenvalue weighted by Crippen LogP contribution is -2.16. The molecule has 0 radical (unpaired) electrons. The van der Waals surface area contributed by atoms with E-state index in [2.05, 4.69) is 15.6 Å². The van der Waals surface area contributed by atoms with Gasteiger partial charge < -0.3 is 14.6 Å². The van der Waals surface area contributed by atoms with Gasteiger partial charge in [0.05, 0.1) is 12.1 Å². The highest BCUT2D eigenvalue weighted by molar-refractivity contribution is 6.30. The van der Waals surface area contributed by atoms with Crippen molar-refractivity contribution in [1.82, 2.24) is 14.9 Å². The second kappa shape index (κ2) is 9.06. The Balaban J connectivity index is 1.42. The summed E-state index contributed by atoms with van der Waals surface area (Å²) in [5.74, 6) is 1.26. The van der Waals surface area contributed by atoms with Crippen molar-refractivity contribution in [2.75, 3.05) is 5.32 Å². The molecular weight excluding hydrogens is 416 g/mol. The summed E-state index contributed by atoms with van der Waals surface area (Å²) in [7, 11) is 0. The fraction of sp³-hybridized carbons (Fsp3) is 0.174. The molecule has 0 fully saturated rings. The van der Waals surface area contributed by atoms with Gasteiger partial charge in [-0.05, 0) is 49.2 Å². The normalized spacial score (nSPS) is 10.8. The zero-order valence-corrected chi connectivity index (χ0v) is 17.9. The Morgan fingerprint density at radius 3 is 2.74 bits per heavy atom. The van der Waals surface area contributed by atoms with E-state index in [1.807, 2.05) is 55.5 Å². The van der Waals surface area contributed by atoms with Crippen LogP contribution >= 0.6 is 11.6 Å². The van der Waals surface area contributed by atoms with Crippen molar-refractivity contribution in [2.45, 2.75) is 27.0 Å². The minimum absolute atomic E-state index is 0.173. The number of ether oxygens (including phenoxy) is 1. The zero-order valence-electron chi connectivity index (χ0n) is 17.1. The summed E-state index contributed by atoms with van der Waals surface area (Å²) in [6.45, 7) is 4.47. The number of carbonyl (C=O) groups is 1. The number of benzene rings is 2. The molecule has 31 heavy (non-hydrogen) atoms. The highest BCUT2D eigenvalue weighted by atomic mass is 35.5. The Hall–Kier alpha value is -3.58. The predicted molar refractivity (Wildman–Crippen MR) is 117 cm³/mol. The Kier molecular flexibility index (Phi) is 6.04. The average Bonchev–Trinajstić information content (AvgIpc) is 3.34. The van der Waals surface area contributed by atoms with Gasteiger partial charge in [-0.1, -0.05) is 41.0 Å². The third-order valence-electron chi connectivity index (χ3n) is 4.71. The van der Waals surface area contributed by atoms with Crippen LogP contribution in [-0.4, -0.2) is 20.8 Å². The Bertz CT molecular complexity index is 1200. The van der Waals surface area contributed by atoms with Crippen molar-refractivity contribution in [3.05, 3.63) is 94.0 Å². The van der Waals surface area contributed by atoms with E-state index in [1.165, 1.54) is 0 Å². The molecule has 0 unspecified atom stereocenters. The van der Waals surface area contributed by atoms with E-state index in [4.69, 9.17) is 20.9 Å². The molecule has 0 saturated heterocycles. The van der Waals surface area contributed by atoms with E-state index < -0.39 is 5.91 Å². The highest BCUT2D eigenvalue weighted by Gasteiger charge is 2.21. The van der Waals surface area contributed by atoms with E-state index in [0.29, 0.717) is 34.5 Å². The predicted octanol–water partition coefficient (Wildman–Crippen LogP) is 5.02. The van der Waals surface area contributed by atoms with Crippen LogP contribution in [0.1, 0.15) is 32.9 Å². The van der Waals surface area contributed by atoms with Gasteiger partial charge in [0, 0.05) is 17.3 Å². The largest absolute Gasteiger partial charge is 0.489 e. The molecule has 0 bridgehead atoms. The summed E-state index contributed by atoms with van der Waals surface area (Å²) in [6.07, 6.45) is 1.79. The van der Waals surface area contributed by atoms with E-state index in [-0.39, 0.29) is 12.3 Å². The maximum Gasteiger partial charge on any atom is 0.279 e. The molecule has 2 heterocycles. The second-order valence-corrected chi connectivity index (χ2v) is 7.59. The lowest BCUT2D eigenvalue weighted by molar-refractivity contribution is 0.101. The Morgan fingerprint density at radius 1 is 1.16 bits per heavy atom. The number of amides is 1. The number of aryl methyl sites for hydroxylation is 2.